The topological polar surface area (TPSA) is 23.5 Å². The molecule has 3 atom stereocenters. The van der Waals surface area contributed by atoms with Crippen molar-refractivity contribution in [2.75, 3.05) is 19.7 Å². The third-order valence-corrected chi connectivity index (χ3v) is 4.22. The van der Waals surface area contributed by atoms with Gasteiger partial charge in [0.25, 0.3) is 0 Å². The number of aliphatic hydroxyl groups excluding tert-OH is 1. The van der Waals surface area contributed by atoms with Crippen LogP contribution in [0.5, 0.6) is 0 Å². The van der Waals surface area contributed by atoms with Gasteiger partial charge in [-0.25, -0.2) is 0 Å². The monoisotopic (exact) mass is 227 g/mol. The summed E-state index contributed by atoms with van der Waals surface area (Å²) in [6.45, 7) is 9.56. The van der Waals surface area contributed by atoms with Crippen molar-refractivity contribution in [1.82, 2.24) is 4.90 Å². The van der Waals surface area contributed by atoms with Gasteiger partial charge in [0.2, 0.25) is 0 Å². The normalized spacial score (nSPS) is 28.5. The van der Waals surface area contributed by atoms with Crippen molar-refractivity contribution in [3.63, 3.8) is 0 Å². The van der Waals surface area contributed by atoms with Gasteiger partial charge in [0.15, 0.2) is 0 Å². The van der Waals surface area contributed by atoms with Gasteiger partial charge in [-0.3, -0.25) is 4.90 Å². The van der Waals surface area contributed by atoms with Crippen molar-refractivity contribution in [1.29, 1.82) is 0 Å². The summed E-state index contributed by atoms with van der Waals surface area (Å²) in [6, 6.07) is 0.427. The minimum Gasteiger partial charge on any atom is -0.395 e. The molecule has 3 unspecified atom stereocenters. The molecule has 0 spiro atoms. The Kier molecular flexibility index (Phi) is 6.37. The van der Waals surface area contributed by atoms with Gasteiger partial charge in [0.1, 0.15) is 0 Å². The Morgan fingerprint density at radius 2 is 2.12 bits per heavy atom. The van der Waals surface area contributed by atoms with E-state index in [0.29, 0.717) is 18.6 Å². The molecular formula is C14H29NO. The number of rotatable bonds is 7. The zero-order chi connectivity index (χ0) is 12.0. The molecule has 2 nitrogen and oxygen atoms in total. The molecule has 0 bridgehead atoms. The molecular weight excluding hydrogens is 198 g/mol. The zero-order valence-electron chi connectivity index (χ0n) is 11.3. The van der Waals surface area contributed by atoms with Crippen LogP contribution < -0.4 is 0 Å². The fourth-order valence-corrected chi connectivity index (χ4v) is 2.86. The van der Waals surface area contributed by atoms with E-state index in [1.807, 2.05) is 0 Å². The lowest BCUT2D eigenvalue weighted by Gasteiger charge is -2.29. The Morgan fingerprint density at radius 1 is 1.38 bits per heavy atom. The minimum absolute atomic E-state index is 0.339. The number of unbranched alkanes of at least 4 members (excludes halogenated alkanes) is 1. The van der Waals surface area contributed by atoms with Crippen molar-refractivity contribution in [3.05, 3.63) is 0 Å². The first-order valence-corrected chi connectivity index (χ1v) is 7.07. The fraction of sp³-hybridized carbons (Fsp3) is 1.00. The Labute approximate surface area is 101 Å². The molecule has 1 aliphatic rings. The molecule has 0 aromatic rings. The molecule has 1 rings (SSSR count). The van der Waals surface area contributed by atoms with E-state index >= 15 is 0 Å². The van der Waals surface area contributed by atoms with Crippen molar-refractivity contribution in [2.45, 2.75) is 58.9 Å². The predicted molar refractivity (Wildman–Crippen MR) is 69.5 cm³/mol. The van der Waals surface area contributed by atoms with Crippen LogP contribution >= 0.6 is 0 Å². The van der Waals surface area contributed by atoms with Crippen molar-refractivity contribution in [3.8, 4) is 0 Å². The van der Waals surface area contributed by atoms with Gasteiger partial charge >= 0.3 is 0 Å². The third kappa shape index (κ3) is 3.74. The molecule has 2 heteroatoms. The van der Waals surface area contributed by atoms with Gasteiger partial charge in [0, 0.05) is 12.6 Å². The minimum atomic E-state index is 0.339. The summed E-state index contributed by atoms with van der Waals surface area (Å²) >= 11 is 0. The number of nitrogens with zero attached hydrogens (tertiary/aromatic N) is 1. The molecule has 1 heterocycles. The van der Waals surface area contributed by atoms with E-state index in [2.05, 4.69) is 25.7 Å². The second-order valence-electron chi connectivity index (χ2n) is 5.43. The summed E-state index contributed by atoms with van der Waals surface area (Å²) in [4.78, 5) is 2.52. The molecule has 1 saturated heterocycles. The van der Waals surface area contributed by atoms with E-state index in [0.717, 1.165) is 5.92 Å². The lowest BCUT2D eigenvalue weighted by Crippen LogP contribution is -2.38. The number of hydrogen-bond donors (Lipinski definition) is 1. The molecule has 1 N–H and O–H groups in total. The van der Waals surface area contributed by atoms with Gasteiger partial charge in [-0.2, -0.15) is 0 Å². The first kappa shape index (κ1) is 14.0. The molecule has 0 amide bonds. The summed E-state index contributed by atoms with van der Waals surface area (Å²) in [5.41, 5.74) is 0. The van der Waals surface area contributed by atoms with Crippen LogP contribution in [-0.4, -0.2) is 35.7 Å². The number of hydrogen-bond acceptors (Lipinski definition) is 2. The maximum Gasteiger partial charge on any atom is 0.0589 e. The van der Waals surface area contributed by atoms with Crippen LogP contribution in [0, 0.1) is 11.8 Å². The van der Waals surface area contributed by atoms with E-state index in [9.17, 15) is 5.11 Å². The Hall–Kier alpha value is -0.0800. The van der Waals surface area contributed by atoms with Crippen molar-refractivity contribution in [2.24, 2.45) is 11.8 Å². The van der Waals surface area contributed by atoms with Crippen LogP contribution in [-0.2, 0) is 0 Å². The van der Waals surface area contributed by atoms with E-state index in [1.165, 1.54) is 45.2 Å². The quantitative estimate of drug-likeness (QED) is 0.723. The first-order chi connectivity index (χ1) is 7.72. The predicted octanol–water partition coefficient (Wildman–Crippen LogP) is 2.91. The van der Waals surface area contributed by atoms with Gasteiger partial charge in [-0.15, -0.1) is 0 Å². The Bertz CT molecular complexity index is 184. The Morgan fingerprint density at radius 3 is 2.69 bits per heavy atom. The van der Waals surface area contributed by atoms with Crippen LogP contribution in [0.25, 0.3) is 0 Å². The highest BCUT2D eigenvalue weighted by molar-refractivity contribution is 4.85. The lowest BCUT2D eigenvalue weighted by atomic mass is 9.97. The van der Waals surface area contributed by atoms with Gasteiger partial charge in [-0.05, 0) is 31.2 Å². The molecule has 0 saturated carbocycles. The van der Waals surface area contributed by atoms with Crippen molar-refractivity contribution >= 4 is 0 Å². The smallest absolute Gasteiger partial charge is 0.0589 e. The second-order valence-corrected chi connectivity index (χ2v) is 5.43. The highest BCUT2D eigenvalue weighted by atomic mass is 16.3. The maximum absolute atomic E-state index is 9.43. The van der Waals surface area contributed by atoms with Gasteiger partial charge in [0.05, 0.1) is 6.61 Å². The standard InChI is InChI=1S/C14H29NO/c1-4-6-7-13(5-2)10-15-9-8-12(3)14(15)11-16/h12-14,16H,4-11H2,1-3H3. The van der Waals surface area contributed by atoms with Crippen LogP contribution in [0.15, 0.2) is 0 Å². The van der Waals surface area contributed by atoms with Crippen molar-refractivity contribution < 1.29 is 5.11 Å². The summed E-state index contributed by atoms with van der Waals surface area (Å²) < 4.78 is 0. The molecule has 0 aromatic carbocycles. The van der Waals surface area contributed by atoms with E-state index in [1.54, 1.807) is 0 Å². The summed E-state index contributed by atoms with van der Waals surface area (Å²) in [5.74, 6) is 1.51. The van der Waals surface area contributed by atoms with Crippen LogP contribution in [0.1, 0.15) is 52.9 Å². The summed E-state index contributed by atoms with van der Waals surface area (Å²) in [6.07, 6.45) is 6.55. The van der Waals surface area contributed by atoms with Crippen LogP contribution in [0.4, 0.5) is 0 Å². The first-order valence-electron chi connectivity index (χ1n) is 7.07. The summed E-state index contributed by atoms with van der Waals surface area (Å²) in [5, 5.41) is 9.43. The molecule has 1 fully saturated rings. The molecule has 96 valence electrons. The molecule has 0 radical (unpaired) electrons. The van der Waals surface area contributed by atoms with Gasteiger partial charge in [-0.1, -0.05) is 40.0 Å². The molecule has 0 aliphatic carbocycles. The average Bonchev–Trinajstić information content (AvgIpc) is 2.64. The molecule has 16 heavy (non-hydrogen) atoms. The SMILES string of the molecule is CCCCC(CC)CN1CCC(C)C1CO. The maximum atomic E-state index is 9.43. The average molecular weight is 227 g/mol. The largest absolute Gasteiger partial charge is 0.395 e. The highest BCUT2D eigenvalue weighted by Crippen LogP contribution is 2.26. The lowest BCUT2D eigenvalue weighted by molar-refractivity contribution is 0.121. The third-order valence-electron chi connectivity index (χ3n) is 4.22. The fourth-order valence-electron chi connectivity index (χ4n) is 2.86. The van der Waals surface area contributed by atoms with Crippen LogP contribution in [0.3, 0.4) is 0 Å². The number of aliphatic hydroxyl groups is 1. The van der Waals surface area contributed by atoms with E-state index in [-0.39, 0.29) is 0 Å². The molecule has 1 aliphatic heterocycles. The summed E-state index contributed by atoms with van der Waals surface area (Å²) in [7, 11) is 0. The Balaban J connectivity index is 2.38. The van der Waals surface area contributed by atoms with Crippen LogP contribution in [0.2, 0.25) is 0 Å². The van der Waals surface area contributed by atoms with E-state index in [4.69, 9.17) is 0 Å². The van der Waals surface area contributed by atoms with Gasteiger partial charge < -0.3 is 5.11 Å². The van der Waals surface area contributed by atoms with E-state index < -0.39 is 0 Å². The zero-order valence-corrected chi connectivity index (χ0v) is 11.3. The number of likely N-dealkylation sites (tertiary alicyclic amines) is 1. The second kappa shape index (κ2) is 7.29. The highest BCUT2D eigenvalue weighted by Gasteiger charge is 2.31. The molecule has 0 aromatic heterocycles.